The number of pyridine rings is 1. The van der Waals surface area contributed by atoms with Gasteiger partial charge in [-0.15, -0.1) is 11.8 Å². The molecule has 4 rings (SSSR count). The second kappa shape index (κ2) is 8.26. The van der Waals surface area contributed by atoms with Crippen LogP contribution in [0.15, 0.2) is 41.4 Å². The monoisotopic (exact) mass is 407 g/mol. The topological polar surface area (TPSA) is 92.1 Å². The molecule has 0 bridgehead atoms. The van der Waals surface area contributed by atoms with Crippen molar-refractivity contribution in [1.82, 2.24) is 10.3 Å². The van der Waals surface area contributed by atoms with Crippen LogP contribution in [-0.4, -0.2) is 29.2 Å². The number of aromatic nitrogens is 1. The average molecular weight is 407 g/mol. The van der Waals surface area contributed by atoms with Crippen molar-refractivity contribution in [2.45, 2.75) is 48.8 Å². The van der Waals surface area contributed by atoms with Gasteiger partial charge in [0.1, 0.15) is 11.1 Å². The number of ether oxygens (including phenoxy) is 1. The Morgan fingerprint density at radius 3 is 2.55 bits per heavy atom. The minimum absolute atomic E-state index is 0.146. The number of rotatable bonds is 7. The lowest BCUT2D eigenvalue weighted by Gasteiger charge is -2.19. The first kappa shape index (κ1) is 19.5. The molecule has 6 nitrogen and oxygen atoms in total. The first-order valence-electron chi connectivity index (χ1n) is 9.66. The molecule has 2 aliphatic rings. The smallest absolute Gasteiger partial charge is 0.340 e. The number of amides is 1. The Kier molecular flexibility index (Phi) is 5.54. The molecule has 2 fully saturated rings. The van der Waals surface area contributed by atoms with Crippen LogP contribution in [0, 0.1) is 11.3 Å². The van der Waals surface area contributed by atoms with Gasteiger partial charge < -0.3 is 10.1 Å². The summed E-state index contributed by atoms with van der Waals surface area (Å²) in [7, 11) is 0. The number of hydrogen-bond acceptors (Lipinski definition) is 6. The Bertz CT molecular complexity index is 979. The van der Waals surface area contributed by atoms with E-state index in [0.717, 1.165) is 31.4 Å². The number of nitrogens with zero attached hydrogens (tertiary/aromatic N) is 2. The van der Waals surface area contributed by atoms with Gasteiger partial charge in [-0.3, -0.25) is 4.79 Å². The highest BCUT2D eigenvalue weighted by Crippen LogP contribution is 2.41. The van der Waals surface area contributed by atoms with Gasteiger partial charge >= 0.3 is 5.97 Å². The van der Waals surface area contributed by atoms with E-state index in [-0.39, 0.29) is 23.1 Å². The lowest BCUT2D eigenvalue weighted by atomic mass is 10.1. The molecular weight excluding hydrogens is 386 g/mol. The highest BCUT2D eigenvalue weighted by atomic mass is 32.2. The maximum atomic E-state index is 13.1. The fourth-order valence-electron chi connectivity index (χ4n) is 3.12. The van der Waals surface area contributed by atoms with Gasteiger partial charge in [-0.05, 0) is 38.0 Å². The molecular formula is C22H21N3O3S. The van der Waals surface area contributed by atoms with E-state index in [1.807, 2.05) is 12.3 Å². The Morgan fingerprint density at radius 1 is 1.24 bits per heavy atom. The largest absolute Gasteiger partial charge is 0.444 e. The Labute approximate surface area is 173 Å². The second-order valence-corrected chi connectivity index (χ2v) is 8.14. The summed E-state index contributed by atoms with van der Waals surface area (Å²) in [5.74, 6) is -0.698. The van der Waals surface area contributed by atoms with Crippen molar-refractivity contribution in [3.8, 4) is 6.07 Å². The van der Waals surface area contributed by atoms with Crippen LogP contribution in [0.5, 0.6) is 0 Å². The number of nitriles is 1. The minimum atomic E-state index is -1.06. The molecule has 2 saturated carbocycles. The van der Waals surface area contributed by atoms with Gasteiger partial charge in [0, 0.05) is 23.2 Å². The Morgan fingerprint density at radius 2 is 1.97 bits per heavy atom. The number of esters is 1. The van der Waals surface area contributed by atoms with E-state index >= 15 is 0 Å². The third-order valence-corrected chi connectivity index (χ3v) is 5.70. The van der Waals surface area contributed by atoms with Gasteiger partial charge in [0.2, 0.25) is 6.10 Å². The van der Waals surface area contributed by atoms with E-state index < -0.39 is 12.1 Å². The van der Waals surface area contributed by atoms with Gasteiger partial charge in [0.15, 0.2) is 0 Å². The van der Waals surface area contributed by atoms with Gasteiger partial charge in [-0.1, -0.05) is 30.3 Å². The number of nitrogens with one attached hydrogen (secondary N) is 1. The molecule has 29 heavy (non-hydrogen) atoms. The van der Waals surface area contributed by atoms with Crippen LogP contribution >= 0.6 is 11.8 Å². The van der Waals surface area contributed by atoms with Gasteiger partial charge in [-0.25, -0.2) is 9.78 Å². The number of thioether (sulfide) groups is 1. The molecule has 2 aliphatic carbocycles. The number of hydrogen-bond donors (Lipinski definition) is 1. The standard InChI is InChI=1S/C22H21N3O3S/c1-29-21-17(12-23)16(11-18(25-21)13-7-8-13)22(27)28-19(14-5-3-2-4-6-14)20(26)24-15-9-10-15/h2-6,11,13,15,19H,7-10H2,1H3,(H,24,26). The highest BCUT2D eigenvalue weighted by molar-refractivity contribution is 7.98. The van der Waals surface area contributed by atoms with Crippen molar-refractivity contribution in [2.75, 3.05) is 6.26 Å². The lowest BCUT2D eigenvalue weighted by Crippen LogP contribution is -2.33. The van der Waals surface area contributed by atoms with E-state index in [1.54, 1.807) is 30.3 Å². The number of benzene rings is 1. The fourth-order valence-corrected chi connectivity index (χ4v) is 3.68. The zero-order chi connectivity index (χ0) is 20.4. The van der Waals surface area contributed by atoms with Crippen molar-refractivity contribution in [3.63, 3.8) is 0 Å². The minimum Gasteiger partial charge on any atom is -0.444 e. The summed E-state index contributed by atoms with van der Waals surface area (Å²) in [6, 6.07) is 12.8. The predicted molar refractivity (Wildman–Crippen MR) is 108 cm³/mol. The highest BCUT2D eigenvalue weighted by Gasteiger charge is 2.33. The van der Waals surface area contributed by atoms with E-state index in [2.05, 4.69) is 16.4 Å². The average Bonchev–Trinajstić information content (AvgIpc) is 3.65. The maximum absolute atomic E-state index is 13.1. The molecule has 1 unspecified atom stereocenters. The van der Waals surface area contributed by atoms with Crippen LogP contribution in [-0.2, 0) is 9.53 Å². The molecule has 0 radical (unpaired) electrons. The fraction of sp³-hybridized carbons (Fsp3) is 0.364. The summed E-state index contributed by atoms with van der Waals surface area (Å²) in [6.45, 7) is 0. The molecule has 1 atom stereocenters. The quantitative estimate of drug-likeness (QED) is 0.555. The second-order valence-electron chi connectivity index (χ2n) is 7.34. The lowest BCUT2D eigenvalue weighted by molar-refractivity contribution is -0.130. The SMILES string of the molecule is CSc1nc(C2CC2)cc(C(=O)OC(C(=O)NC2CC2)c2ccccc2)c1C#N. The molecule has 148 valence electrons. The van der Waals surface area contributed by atoms with Crippen molar-refractivity contribution in [1.29, 1.82) is 5.26 Å². The van der Waals surface area contributed by atoms with Crippen LogP contribution in [0.2, 0.25) is 0 Å². The molecule has 1 N–H and O–H groups in total. The summed E-state index contributed by atoms with van der Waals surface area (Å²) >= 11 is 1.33. The molecule has 2 aromatic rings. The molecule has 1 amide bonds. The van der Waals surface area contributed by atoms with E-state index in [4.69, 9.17) is 4.74 Å². The van der Waals surface area contributed by atoms with Crippen LogP contribution < -0.4 is 5.32 Å². The molecule has 7 heteroatoms. The van der Waals surface area contributed by atoms with Crippen LogP contribution in [0.1, 0.15) is 64.9 Å². The molecule has 0 saturated heterocycles. The van der Waals surface area contributed by atoms with Crippen molar-refractivity contribution in [2.24, 2.45) is 0 Å². The van der Waals surface area contributed by atoms with Gasteiger partial charge in [0.25, 0.3) is 5.91 Å². The summed E-state index contributed by atoms with van der Waals surface area (Å²) in [5.41, 5.74) is 1.77. The Hall–Kier alpha value is -2.85. The van der Waals surface area contributed by atoms with E-state index in [9.17, 15) is 14.9 Å². The molecule has 1 aromatic carbocycles. The van der Waals surface area contributed by atoms with Crippen molar-refractivity contribution < 1.29 is 14.3 Å². The number of carbonyl (C=O) groups is 2. The zero-order valence-corrected chi connectivity index (χ0v) is 16.9. The summed E-state index contributed by atoms with van der Waals surface area (Å²) in [5, 5.41) is 13.0. The zero-order valence-electron chi connectivity index (χ0n) is 16.1. The third-order valence-electron chi connectivity index (χ3n) is 5.02. The molecule has 1 heterocycles. The molecule has 1 aromatic heterocycles. The van der Waals surface area contributed by atoms with Crippen LogP contribution in [0.3, 0.4) is 0 Å². The predicted octanol–water partition coefficient (Wildman–Crippen LogP) is 3.73. The van der Waals surface area contributed by atoms with Crippen molar-refractivity contribution >= 4 is 23.6 Å². The summed E-state index contributed by atoms with van der Waals surface area (Å²) in [4.78, 5) is 30.4. The van der Waals surface area contributed by atoms with Crippen molar-refractivity contribution in [3.05, 3.63) is 58.8 Å². The van der Waals surface area contributed by atoms with Gasteiger partial charge in [-0.2, -0.15) is 5.26 Å². The van der Waals surface area contributed by atoms with E-state index in [1.165, 1.54) is 11.8 Å². The van der Waals surface area contributed by atoms with Gasteiger partial charge in [0.05, 0.1) is 11.1 Å². The van der Waals surface area contributed by atoms with E-state index in [0.29, 0.717) is 16.5 Å². The first-order chi connectivity index (χ1) is 14.1. The first-order valence-corrected chi connectivity index (χ1v) is 10.9. The molecule has 0 aliphatic heterocycles. The summed E-state index contributed by atoms with van der Waals surface area (Å²) < 4.78 is 5.67. The maximum Gasteiger partial charge on any atom is 0.340 e. The Balaban J connectivity index is 1.66. The molecule has 0 spiro atoms. The third kappa shape index (κ3) is 4.43. The van der Waals surface area contributed by atoms with Crippen LogP contribution in [0.4, 0.5) is 0 Å². The summed E-state index contributed by atoms with van der Waals surface area (Å²) in [6.07, 6.45) is 4.68. The normalized spacial score (nSPS) is 16.6. The number of carbonyl (C=O) groups excluding carboxylic acids is 2. The van der Waals surface area contributed by atoms with Crippen LogP contribution in [0.25, 0.3) is 0 Å².